The minimum atomic E-state index is -0.255. The molecule has 0 saturated carbocycles. The lowest BCUT2D eigenvalue weighted by atomic mass is 10.00. The smallest absolute Gasteiger partial charge is 0.223 e. The molecule has 0 radical (unpaired) electrons. The lowest BCUT2D eigenvalue weighted by Crippen LogP contribution is -2.32. The van der Waals surface area contributed by atoms with Crippen molar-refractivity contribution >= 4 is 5.91 Å². The summed E-state index contributed by atoms with van der Waals surface area (Å²) in [5, 5.41) is 2.78. The number of nitrogens with one attached hydrogen (secondary N) is 1. The SMILES string of the molecule is CC(Cc1ccccc1F)C(=O)NCCCN. The first-order chi connectivity index (χ1) is 8.15. The third-order valence-corrected chi connectivity index (χ3v) is 2.61. The molecule has 1 aromatic carbocycles. The van der Waals surface area contributed by atoms with Gasteiger partial charge in [0.05, 0.1) is 0 Å². The molecule has 0 bridgehead atoms. The van der Waals surface area contributed by atoms with E-state index in [2.05, 4.69) is 5.32 Å². The topological polar surface area (TPSA) is 55.1 Å². The standard InChI is InChI=1S/C13H19FN2O/c1-10(13(17)16-8-4-7-15)9-11-5-2-3-6-12(11)14/h2-3,5-6,10H,4,7-9,15H2,1H3,(H,16,17). The predicted molar refractivity (Wildman–Crippen MR) is 65.9 cm³/mol. The zero-order valence-electron chi connectivity index (χ0n) is 10.1. The van der Waals surface area contributed by atoms with Crippen LogP contribution >= 0.6 is 0 Å². The lowest BCUT2D eigenvalue weighted by molar-refractivity contribution is -0.124. The van der Waals surface area contributed by atoms with E-state index in [9.17, 15) is 9.18 Å². The van der Waals surface area contributed by atoms with Gasteiger partial charge >= 0.3 is 0 Å². The summed E-state index contributed by atoms with van der Waals surface area (Å²) >= 11 is 0. The van der Waals surface area contributed by atoms with E-state index in [1.807, 2.05) is 0 Å². The van der Waals surface area contributed by atoms with E-state index in [1.54, 1.807) is 25.1 Å². The largest absolute Gasteiger partial charge is 0.356 e. The molecule has 1 rings (SSSR count). The van der Waals surface area contributed by atoms with Crippen LogP contribution in [-0.4, -0.2) is 19.0 Å². The zero-order valence-corrected chi connectivity index (χ0v) is 10.1. The minimum Gasteiger partial charge on any atom is -0.356 e. The van der Waals surface area contributed by atoms with Gasteiger partial charge < -0.3 is 11.1 Å². The van der Waals surface area contributed by atoms with Crippen LogP contribution in [0.1, 0.15) is 18.9 Å². The molecule has 3 N–H and O–H groups in total. The number of rotatable bonds is 6. The average molecular weight is 238 g/mol. The van der Waals surface area contributed by atoms with Crippen molar-refractivity contribution in [2.45, 2.75) is 19.8 Å². The minimum absolute atomic E-state index is 0.0540. The van der Waals surface area contributed by atoms with Crippen molar-refractivity contribution in [2.24, 2.45) is 11.7 Å². The Bertz CT molecular complexity index is 368. The fraction of sp³-hybridized carbons (Fsp3) is 0.462. The molecule has 1 unspecified atom stereocenters. The molecule has 0 aromatic heterocycles. The number of halogens is 1. The Morgan fingerprint density at radius 3 is 2.82 bits per heavy atom. The van der Waals surface area contributed by atoms with Gasteiger partial charge in [-0.3, -0.25) is 4.79 Å². The molecule has 3 nitrogen and oxygen atoms in total. The molecule has 0 heterocycles. The highest BCUT2D eigenvalue weighted by Gasteiger charge is 2.14. The highest BCUT2D eigenvalue weighted by atomic mass is 19.1. The number of carbonyl (C=O) groups is 1. The number of benzene rings is 1. The molecular weight excluding hydrogens is 219 g/mol. The van der Waals surface area contributed by atoms with Crippen LogP contribution in [0.4, 0.5) is 4.39 Å². The number of hydrogen-bond acceptors (Lipinski definition) is 2. The molecule has 0 fully saturated rings. The van der Waals surface area contributed by atoms with Crippen LogP contribution in [0.3, 0.4) is 0 Å². The van der Waals surface area contributed by atoms with Crippen LogP contribution in [0.25, 0.3) is 0 Å². The highest BCUT2D eigenvalue weighted by molar-refractivity contribution is 5.78. The first-order valence-corrected chi connectivity index (χ1v) is 5.86. The van der Waals surface area contributed by atoms with Crippen LogP contribution in [0.5, 0.6) is 0 Å². The molecule has 0 spiro atoms. The molecule has 0 aliphatic rings. The Balaban J connectivity index is 2.46. The molecule has 4 heteroatoms. The molecule has 1 aromatic rings. The van der Waals surface area contributed by atoms with E-state index in [1.165, 1.54) is 6.07 Å². The second kappa shape index (κ2) is 7.01. The summed E-state index contributed by atoms with van der Waals surface area (Å²) in [6.45, 7) is 2.93. The maximum Gasteiger partial charge on any atom is 0.223 e. The van der Waals surface area contributed by atoms with E-state index >= 15 is 0 Å². The molecule has 94 valence electrons. The highest BCUT2D eigenvalue weighted by Crippen LogP contribution is 2.12. The Morgan fingerprint density at radius 2 is 2.18 bits per heavy atom. The van der Waals surface area contributed by atoms with E-state index in [0.717, 1.165) is 6.42 Å². The molecule has 0 saturated heterocycles. The van der Waals surface area contributed by atoms with Gasteiger partial charge in [0.15, 0.2) is 0 Å². The van der Waals surface area contributed by atoms with Gasteiger partial charge in [0.1, 0.15) is 5.82 Å². The maximum absolute atomic E-state index is 13.4. The third-order valence-electron chi connectivity index (χ3n) is 2.61. The third kappa shape index (κ3) is 4.53. The quantitative estimate of drug-likeness (QED) is 0.737. The molecule has 1 atom stereocenters. The normalized spacial score (nSPS) is 12.2. The summed E-state index contributed by atoms with van der Waals surface area (Å²) in [5.41, 5.74) is 5.91. The lowest BCUT2D eigenvalue weighted by Gasteiger charge is -2.12. The van der Waals surface area contributed by atoms with Crippen molar-refractivity contribution in [3.63, 3.8) is 0 Å². The molecular formula is C13H19FN2O. The van der Waals surface area contributed by atoms with E-state index in [0.29, 0.717) is 25.1 Å². The Hall–Kier alpha value is -1.42. The number of nitrogens with two attached hydrogens (primary N) is 1. The van der Waals surface area contributed by atoms with E-state index in [4.69, 9.17) is 5.73 Å². The van der Waals surface area contributed by atoms with Crippen molar-refractivity contribution in [1.82, 2.24) is 5.32 Å². The second-order valence-electron chi connectivity index (χ2n) is 4.13. The summed E-state index contributed by atoms with van der Waals surface area (Å²) in [7, 11) is 0. The average Bonchev–Trinajstić information content (AvgIpc) is 2.32. The summed E-state index contributed by atoms with van der Waals surface area (Å²) in [5.74, 6) is -0.541. The maximum atomic E-state index is 13.4. The second-order valence-corrected chi connectivity index (χ2v) is 4.13. The Kier molecular flexibility index (Phi) is 5.63. The van der Waals surface area contributed by atoms with Gasteiger partial charge in [-0.05, 0) is 31.0 Å². The van der Waals surface area contributed by atoms with Crippen molar-refractivity contribution in [1.29, 1.82) is 0 Å². The van der Waals surface area contributed by atoms with Crippen molar-refractivity contribution in [3.05, 3.63) is 35.6 Å². The molecule has 0 aliphatic carbocycles. The van der Waals surface area contributed by atoms with Crippen molar-refractivity contribution in [2.75, 3.05) is 13.1 Å². The van der Waals surface area contributed by atoms with Crippen LogP contribution < -0.4 is 11.1 Å². The van der Waals surface area contributed by atoms with Crippen LogP contribution in [0.15, 0.2) is 24.3 Å². The van der Waals surface area contributed by atoms with Crippen molar-refractivity contribution in [3.8, 4) is 0 Å². The molecule has 0 aliphatic heterocycles. The molecule has 1 amide bonds. The number of amides is 1. The van der Waals surface area contributed by atoms with Gasteiger partial charge in [-0.15, -0.1) is 0 Å². The predicted octanol–water partition coefficient (Wildman–Crippen LogP) is 1.47. The van der Waals surface area contributed by atoms with Gasteiger partial charge in [-0.1, -0.05) is 25.1 Å². The van der Waals surface area contributed by atoms with Gasteiger partial charge in [-0.25, -0.2) is 4.39 Å². The summed E-state index contributed by atoms with van der Waals surface area (Å²) in [4.78, 5) is 11.7. The van der Waals surface area contributed by atoms with Crippen molar-refractivity contribution < 1.29 is 9.18 Å². The summed E-state index contributed by atoms with van der Waals surface area (Å²) < 4.78 is 13.4. The van der Waals surface area contributed by atoms with Crippen LogP contribution in [0, 0.1) is 11.7 Å². The van der Waals surface area contributed by atoms with Crippen LogP contribution in [0.2, 0.25) is 0 Å². The van der Waals surface area contributed by atoms with Gasteiger partial charge in [0, 0.05) is 12.5 Å². The monoisotopic (exact) mass is 238 g/mol. The fourth-order valence-electron chi connectivity index (χ4n) is 1.57. The Labute approximate surface area is 101 Å². The summed E-state index contributed by atoms with van der Waals surface area (Å²) in [6.07, 6.45) is 1.18. The first-order valence-electron chi connectivity index (χ1n) is 5.86. The van der Waals surface area contributed by atoms with Gasteiger partial charge in [0.25, 0.3) is 0 Å². The number of carbonyl (C=O) groups excluding carboxylic acids is 1. The Morgan fingerprint density at radius 1 is 1.47 bits per heavy atom. The first kappa shape index (κ1) is 13.6. The fourth-order valence-corrected chi connectivity index (χ4v) is 1.57. The van der Waals surface area contributed by atoms with Gasteiger partial charge in [-0.2, -0.15) is 0 Å². The molecule has 17 heavy (non-hydrogen) atoms. The zero-order chi connectivity index (χ0) is 12.7. The number of hydrogen-bond donors (Lipinski definition) is 2. The summed E-state index contributed by atoms with van der Waals surface area (Å²) in [6, 6.07) is 6.54. The van der Waals surface area contributed by atoms with E-state index < -0.39 is 0 Å². The van der Waals surface area contributed by atoms with Gasteiger partial charge in [0.2, 0.25) is 5.91 Å². The van der Waals surface area contributed by atoms with Crippen LogP contribution in [-0.2, 0) is 11.2 Å². The van der Waals surface area contributed by atoms with E-state index in [-0.39, 0.29) is 17.6 Å².